The van der Waals surface area contributed by atoms with Gasteiger partial charge in [0.1, 0.15) is 11.8 Å². The van der Waals surface area contributed by atoms with Crippen molar-refractivity contribution in [1.82, 2.24) is 19.9 Å². The highest BCUT2D eigenvalue weighted by Gasteiger charge is 2.21. The van der Waals surface area contributed by atoms with Crippen molar-refractivity contribution in [2.75, 3.05) is 19.7 Å². The summed E-state index contributed by atoms with van der Waals surface area (Å²) < 4.78 is 7.13. The van der Waals surface area contributed by atoms with Gasteiger partial charge in [0.2, 0.25) is 0 Å². The molecule has 0 amide bonds. The minimum absolute atomic E-state index is 0.0876. The lowest BCUT2D eigenvalue weighted by Crippen LogP contribution is -2.35. The highest BCUT2D eigenvalue weighted by Crippen LogP contribution is 2.15. The summed E-state index contributed by atoms with van der Waals surface area (Å²) in [5, 5.41) is 10.2. The Morgan fingerprint density at radius 2 is 2.44 bits per heavy atom. The number of hydrogen-bond acceptors (Lipinski definition) is 4. The number of ether oxygens (including phenoxy) is 1. The minimum Gasteiger partial charge on any atom is -0.368 e. The van der Waals surface area contributed by atoms with Gasteiger partial charge in [-0.3, -0.25) is 9.89 Å². The van der Waals surface area contributed by atoms with E-state index in [2.05, 4.69) is 15.5 Å². The molecule has 1 aliphatic rings. The molecule has 1 saturated heterocycles. The molecule has 6 nitrogen and oxygen atoms in total. The van der Waals surface area contributed by atoms with Gasteiger partial charge in [-0.25, -0.2) is 4.40 Å². The second-order valence-corrected chi connectivity index (χ2v) is 3.73. The maximum absolute atomic E-state index is 11.7. The third kappa shape index (κ3) is 1.43. The number of hydrogen-bond donors (Lipinski definition) is 2. The van der Waals surface area contributed by atoms with Gasteiger partial charge < -0.3 is 10.1 Å². The number of H-pyrrole nitrogens is 1. The zero-order valence-corrected chi connectivity index (χ0v) is 8.64. The number of rotatable bonds is 1. The second-order valence-electron chi connectivity index (χ2n) is 3.73. The number of aromatic nitrogens is 3. The van der Waals surface area contributed by atoms with Crippen LogP contribution in [0.15, 0.2) is 23.0 Å². The molecule has 2 aromatic heterocycles. The van der Waals surface area contributed by atoms with E-state index in [1.807, 2.05) is 6.07 Å². The Morgan fingerprint density at radius 1 is 1.50 bits per heavy atom. The molecule has 6 heteroatoms. The maximum Gasteiger partial charge on any atom is 0.257 e. The summed E-state index contributed by atoms with van der Waals surface area (Å²) in [6, 6.07) is 5.04. The normalized spacial score (nSPS) is 21.4. The predicted octanol–water partition coefficient (Wildman–Crippen LogP) is -0.317. The van der Waals surface area contributed by atoms with Crippen LogP contribution in [0.2, 0.25) is 0 Å². The van der Waals surface area contributed by atoms with Crippen LogP contribution in [-0.4, -0.2) is 34.3 Å². The fourth-order valence-corrected chi connectivity index (χ4v) is 1.92. The number of nitrogens with zero attached hydrogens (tertiary/aromatic N) is 2. The highest BCUT2D eigenvalue weighted by molar-refractivity contribution is 5.37. The van der Waals surface area contributed by atoms with Gasteiger partial charge in [0.25, 0.3) is 5.56 Å². The van der Waals surface area contributed by atoms with Crippen LogP contribution in [0, 0.1) is 0 Å². The van der Waals surface area contributed by atoms with Crippen molar-refractivity contribution >= 4 is 5.65 Å². The third-order valence-corrected chi connectivity index (χ3v) is 2.68. The van der Waals surface area contributed by atoms with E-state index < -0.39 is 0 Å². The first kappa shape index (κ1) is 9.56. The van der Waals surface area contributed by atoms with Gasteiger partial charge in [-0.1, -0.05) is 6.07 Å². The molecule has 0 aromatic carbocycles. The molecule has 0 saturated carbocycles. The van der Waals surface area contributed by atoms with Gasteiger partial charge in [0.05, 0.1) is 6.61 Å². The lowest BCUT2D eigenvalue weighted by Gasteiger charge is -2.21. The topological polar surface area (TPSA) is 71.4 Å². The Hall–Kier alpha value is -1.66. The summed E-state index contributed by atoms with van der Waals surface area (Å²) in [4.78, 5) is 11.7. The summed E-state index contributed by atoms with van der Waals surface area (Å²) in [5.74, 6) is 0.632. The van der Waals surface area contributed by atoms with Gasteiger partial charge in [0, 0.05) is 19.2 Å². The molecule has 1 aliphatic heterocycles. The molecule has 16 heavy (non-hydrogen) atoms. The van der Waals surface area contributed by atoms with E-state index in [0.29, 0.717) is 24.6 Å². The monoisotopic (exact) mass is 220 g/mol. The van der Waals surface area contributed by atoms with Crippen LogP contribution < -0.4 is 10.9 Å². The van der Waals surface area contributed by atoms with Crippen molar-refractivity contribution in [1.29, 1.82) is 0 Å². The SMILES string of the molecule is O=c1cccc2[nH]nc(C3CNCCO3)n12. The molecule has 2 aromatic rings. The molecule has 3 rings (SSSR count). The van der Waals surface area contributed by atoms with E-state index in [9.17, 15) is 4.79 Å². The first-order valence-corrected chi connectivity index (χ1v) is 5.24. The van der Waals surface area contributed by atoms with Crippen molar-refractivity contribution in [2.45, 2.75) is 6.10 Å². The quantitative estimate of drug-likeness (QED) is 0.691. The molecule has 1 fully saturated rings. The van der Waals surface area contributed by atoms with Crippen LogP contribution >= 0.6 is 0 Å². The molecular formula is C10H12N4O2. The zero-order chi connectivity index (χ0) is 11.0. The summed E-state index contributed by atoms with van der Waals surface area (Å²) in [5.41, 5.74) is 0.604. The predicted molar refractivity (Wildman–Crippen MR) is 57.4 cm³/mol. The van der Waals surface area contributed by atoms with E-state index >= 15 is 0 Å². The van der Waals surface area contributed by atoms with Crippen molar-refractivity contribution in [3.8, 4) is 0 Å². The molecule has 1 unspecified atom stereocenters. The molecule has 84 valence electrons. The van der Waals surface area contributed by atoms with Gasteiger partial charge in [-0.2, -0.15) is 5.10 Å². The second kappa shape index (κ2) is 3.73. The average Bonchev–Trinajstić information content (AvgIpc) is 2.75. The number of fused-ring (bicyclic) bond motifs is 1. The maximum atomic E-state index is 11.7. The van der Waals surface area contributed by atoms with E-state index in [-0.39, 0.29) is 11.7 Å². The number of nitrogens with one attached hydrogen (secondary N) is 2. The largest absolute Gasteiger partial charge is 0.368 e. The molecule has 0 spiro atoms. The van der Waals surface area contributed by atoms with E-state index in [1.165, 1.54) is 6.07 Å². The minimum atomic E-state index is -0.164. The highest BCUT2D eigenvalue weighted by atomic mass is 16.5. The Balaban J connectivity index is 2.12. The van der Waals surface area contributed by atoms with Gasteiger partial charge in [0.15, 0.2) is 5.82 Å². The van der Waals surface area contributed by atoms with Crippen LogP contribution in [-0.2, 0) is 4.74 Å². The molecule has 0 radical (unpaired) electrons. The summed E-state index contributed by atoms with van der Waals surface area (Å²) in [7, 11) is 0. The summed E-state index contributed by atoms with van der Waals surface area (Å²) >= 11 is 0. The van der Waals surface area contributed by atoms with Crippen molar-refractivity contribution in [3.05, 3.63) is 34.4 Å². The lowest BCUT2D eigenvalue weighted by molar-refractivity contribution is 0.0214. The molecule has 0 aliphatic carbocycles. The fraction of sp³-hybridized carbons (Fsp3) is 0.400. The Morgan fingerprint density at radius 3 is 3.25 bits per heavy atom. The van der Waals surface area contributed by atoms with Crippen LogP contribution in [0.3, 0.4) is 0 Å². The first-order valence-electron chi connectivity index (χ1n) is 5.24. The molecule has 2 N–H and O–H groups in total. The van der Waals surface area contributed by atoms with Crippen LogP contribution in [0.5, 0.6) is 0 Å². The number of morpholine rings is 1. The Bertz CT molecular complexity index is 553. The first-order chi connectivity index (χ1) is 7.86. The van der Waals surface area contributed by atoms with Gasteiger partial charge in [-0.05, 0) is 6.07 Å². The van der Waals surface area contributed by atoms with Crippen molar-refractivity contribution < 1.29 is 4.74 Å². The van der Waals surface area contributed by atoms with Crippen molar-refractivity contribution in [3.63, 3.8) is 0 Å². The number of pyridine rings is 1. The Labute approximate surface area is 91.2 Å². The lowest BCUT2D eigenvalue weighted by atomic mass is 10.3. The van der Waals surface area contributed by atoms with Gasteiger partial charge >= 0.3 is 0 Å². The molecule has 3 heterocycles. The van der Waals surface area contributed by atoms with E-state index in [1.54, 1.807) is 10.5 Å². The van der Waals surface area contributed by atoms with E-state index in [0.717, 1.165) is 6.54 Å². The van der Waals surface area contributed by atoms with Crippen LogP contribution in [0.1, 0.15) is 11.9 Å². The Kier molecular flexibility index (Phi) is 2.23. The van der Waals surface area contributed by atoms with Crippen LogP contribution in [0.25, 0.3) is 5.65 Å². The fourth-order valence-electron chi connectivity index (χ4n) is 1.92. The van der Waals surface area contributed by atoms with E-state index in [4.69, 9.17) is 4.74 Å². The van der Waals surface area contributed by atoms with Crippen molar-refractivity contribution in [2.24, 2.45) is 0 Å². The number of aromatic amines is 1. The third-order valence-electron chi connectivity index (χ3n) is 2.68. The molecule has 1 atom stereocenters. The molecular weight excluding hydrogens is 208 g/mol. The summed E-state index contributed by atoms with van der Waals surface area (Å²) in [6.07, 6.45) is -0.164. The zero-order valence-electron chi connectivity index (χ0n) is 8.64. The van der Waals surface area contributed by atoms with Gasteiger partial charge in [-0.15, -0.1) is 0 Å². The smallest absolute Gasteiger partial charge is 0.257 e. The molecule has 0 bridgehead atoms. The van der Waals surface area contributed by atoms with Crippen LogP contribution in [0.4, 0.5) is 0 Å². The standard InChI is InChI=1S/C10H12N4O2/c15-9-3-1-2-8-12-13-10(14(8)9)7-6-11-4-5-16-7/h1-3,7,11-12H,4-6H2. The average molecular weight is 220 g/mol. The summed E-state index contributed by atoms with van der Waals surface area (Å²) in [6.45, 7) is 2.16.